The molecule has 1 heterocycles. The lowest BCUT2D eigenvalue weighted by Crippen LogP contribution is -2.29. The summed E-state index contributed by atoms with van der Waals surface area (Å²) in [6.45, 7) is 0. The van der Waals surface area contributed by atoms with Gasteiger partial charge in [0, 0.05) is 5.02 Å². The molecule has 3 aromatic rings. The van der Waals surface area contributed by atoms with Crippen molar-refractivity contribution in [2.45, 2.75) is 4.21 Å². The number of rotatable bonds is 5. The Bertz CT molecular complexity index is 1180. The molecule has 29 heavy (non-hydrogen) atoms. The van der Waals surface area contributed by atoms with Crippen molar-refractivity contribution in [2.24, 2.45) is 4.99 Å². The van der Waals surface area contributed by atoms with E-state index in [1.165, 1.54) is 24.3 Å². The van der Waals surface area contributed by atoms with Crippen molar-refractivity contribution in [1.29, 1.82) is 0 Å². The first-order chi connectivity index (χ1) is 13.8. The van der Waals surface area contributed by atoms with Crippen molar-refractivity contribution in [1.82, 2.24) is 5.32 Å². The third-order valence-corrected chi connectivity index (χ3v) is 7.03. The van der Waals surface area contributed by atoms with Crippen molar-refractivity contribution >= 4 is 79.6 Å². The van der Waals surface area contributed by atoms with Crippen LogP contribution in [0.2, 0.25) is 10.0 Å². The van der Waals surface area contributed by atoms with Crippen LogP contribution in [-0.2, 0) is 22.7 Å². The maximum Gasteiger partial charge on any atom is 0.271 e. The Morgan fingerprint density at radius 3 is 2.52 bits per heavy atom. The van der Waals surface area contributed by atoms with E-state index in [9.17, 15) is 13.2 Å². The minimum absolute atomic E-state index is 0.149. The van der Waals surface area contributed by atoms with E-state index in [0.29, 0.717) is 5.02 Å². The van der Waals surface area contributed by atoms with E-state index >= 15 is 0 Å². The van der Waals surface area contributed by atoms with Gasteiger partial charge in [0.25, 0.3) is 15.9 Å². The van der Waals surface area contributed by atoms with Crippen LogP contribution < -0.4 is 10.0 Å². The summed E-state index contributed by atoms with van der Waals surface area (Å²) in [7, 11) is -3.76. The molecule has 1 amide bonds. The second-order valence-electron chi connectivity index (χ2n) is 5.55. The molecule has 0 bridgehead atoms. The Balaban J connectivity index is 1.82. The summed E-state index contributed by atoms with van der Waals surface area (Å²) < 4.78 is 27.6. The molecular weight excluding hydrogens is 473 g/mol. The zero-order valence-electron chi connectivity index (χ0n) is 14.4. The first kappa shape index (κ1) is 21.5. The van der Waals surface area contributed by atoms with Crippen molar-refractivity contribution in [3.8, 4) is 0 Å². The topological polar surface area (TPSA) is 87.6 Å². The van der Waals surface area contributed by atoms with Gasteiger partial charge in [0.05, 0.1) is 22.0 Å². The molecule has 0 radical (unpaired) electrons. The van der Waals surface area contributed by atoms with Gasteiger partial charge in [-0.05, 0) is 46.9 Å². The van der Waals surface area contributed by atoms with Gasteiger partial charge in [0.1, 0.15) is 4.21 Å². The average Bonchev–Trinajstić information content (AvgIpc) is 3.18. The number of hydrogen-bond acceptors (Lipinski definition) is 6. The summed E-state index contributed by atoms with van der Waals surface area (Å²) in [5, 5.41) is 4.52. The third kappa shape index (κ3) is 5.46. The molecule has 11 heteroatoms. The summed E-state index contributed by atoms with van der Waals surface area (Å²) in [5.41, 5.74) is 0.655. The molecular formula is C18H12Cl2N3O3S3-. The highest BCUT2D eigenvalue weighted by molar-refractivity contribution is 7.94. The molecule has 0 aliphatic rings. The van der Waals surface area contributed by atoms with Crippen LogP contribution in [0.15, 0.2) is 69.2 Å². The van der Waals surface area contributed by atoms with Crippen LogP contribution >= 0.6 is 34.5 Å². The van der Waals surface area contributed by atoms with E-state index in [2.05, 4.69) is 15.0 Å². The largest absolute Gasteiger partial charge is 0.742 e. The van der Waals surface area contributed by atoms with Crippen molar-refractivity contribution in [3.05, 3.63) is 75.6 Å². The number of nitrogens with one attached hydrogen (secondary N) is 2. The van der Waals surface area contributed by atoms with Crippen molar-refractivity contribution in [3.63, 3.8) is 0 Å². The van der Waals surface area contributed by atoms with Crippen LogP contribution in [0.25, 0.3) is 0 Å². The van der Waals surface area contributed by atoms with E-state index in [-0.39, 0.29) is 31.3 Å². The lowest BCUT2D eigenvalue weighted by Gasteiger charge is -2.15. The van der Waals surface area contributed by atoms with E-state index in [1.54, 1.807) is 35.7 Å². The smallest absolute Gasteiger partial charge is 0.271 e. The summed E-state index contributed by atoms with van der Waals surface area (Å²) in [6.07, 6.45) is 0. The number of benzene rings is 2. The van der Waals surface area contributed by atoms with E-state index in [4.69, 9.17) is 35.8 Å². The van der Waals surface area contributed by atoms with Gasteiger partial charge in [-0.15, -0.1) is 11.3 Å². The summed E-state index contributed by atoms with van der Waals surface area (Å²) in [4.78, 5) is 16.5. The number of amides is 1. The minimum Gasteiger partial charge on any atom is -0.742 e. The second kappa shape index (κ2) is 9.10. The molecule has 0 fully saturated rings. The van der Waals surface area contributed by atoms with E-state index in [0.717, 1.165) is 11.3 Å². The normalized spacial score (nSPS) is 11.9. The van der Waals surface area contributed by atoms with Crippen LogP contribution in [0.5, 0.6) is 0 Å². The quantitative estimate of drug-likeness (QED) is 0.308. The van der Waals surface area contributed by atoms with Gasteiger partial charge in [-0.2, -0.15) is 0 Å². The van der Waals surface area contributed by atoms with Crippen LogP contribution in [0, 0.1) is 0 Å². The van der Waals surface area contributed by atoms with Crippen LogP contribution in [0.4, 0.5) is 11.4 Å². The summed E-state index contributed by atoms with van der Waals surface area (Å²) in [5.74, 6) is -0.558. The number of halogens is 2. The minimum atomic E-state index is -3.76. The maximum atomic E-state index is 12.5. The van der Waals surface area contributed by atoms with Gasteiger partial charge in [0.2, 0.25) is 0 Å². The van der Waals surface area contributed by atoms with Gasteiger partial charge < -0.3 is 17.9 Å². The van der Waals surface area contributed by atoms with Gasteiger partial charge in [-0.25, -0.2) is 8.42 Å². The SMILES string of the molecule is O=C(NC([S-])=Nc1ccccc1NS(=O)(=O)c1cccs1)c1ccc(Cl)cc1Cl. The first-order valence-electron chi connectivity index (χ1n) is 7.94. The van der Waals surface area contributed by atoms with Gasteiger partial charge in [0.15, 0.2) is 0 Å². The maximum absolute atomic E-state index is 12.5. The number of hydrogen-bond donors (Lipinski definition) is 2. The molecule has 2 N–H and O–H groups in total. The van der Waals surface area contributed by atoms with Gasteiger partial charge >= 0.3 is 0 Å². The summed E-state index contributed by atoms with van der Waals surface area (Å²) >= 11 is 18.1. The Morgan fingerprint density at radius 1 is 1.07 bits per heavy atom. The van der Waals surface area contributed by atoms with E-state index in [1.807, 2.05) is 0 Å². The number of carbonyl (C=O) groups excluding carboxylic acids is 1. The molecule has 0 aliphatic carbocycles. The number of thiophene rings is 1. The lowest BCUT2D eigenvalue weighted by atomic mass is 10.2. The molecule has 3 rings (SSSR count). The summed E-state index contributed by atoms with van der Waals surface area (Å²) in [6, 6.07) is 14.0. The monoisotopic (exact) mass is 484 g/mol. The Morgan fingerprint density at radius 2 is 1.83 bits per heavy atom. The molecule has 0 atom stereocenters. The molecule has 0 unspecified atom stereocenters. The fraction of sp³-hybridized carbons (Fsp3) is 0. The van der Waals surface area contributed by atoms with Crippen molar-refractivity contribution < 1.29 is 13.2 Å². The highest BCUT2D eigenvalue weighted by Crippen LogP contribution is 2.28. The fourth-order valence-electron chi connectivity index (χ4n) is 2.24. The number of sulfonamides is 1. The molecule has 1 aromatic heterocycles. The Labute approximate surface area is 187 Å². The standard InChI is InChI=1S/C18H13Cl2N3O3S3/c19-11-7-8-12(13(20)10-11)17(24)22-18(27)21-14-4-1-2-5-15(14)23-29(25,26)16-6-3-9-28-16/h1-10,23H,(H2,21,22,24,27)/p-1. The zero-order valence-corrected chi connectivity index (χ0v) is 18.4. The first-order valence-corrected chi connectivity index (χ1v) is 11.5. The number of amidine groups is 1. The molecule has 0 aliphatic heterocycles. The number of aliphatic imine (C=N–C) groups is 1. The number of nitrogens with zero attached hydrogens (tertiary/aromatic N) is 1. The van der Waals surface area contributed by atoms with Gasteiger partial charge in [-0.1, -0.05) is 41.4 Å². The zero-order chi connectivity index (χ0) is 21.0. The van der Waals surface area contributed by atoms with Crippen LogP contribution in [0.1, 0.15) is 10.4 Å². The Kier molecular flexibility index (Phi) is 6.76. The highest BCUT2D eigenvalue weighted by atomic mass is 35.5. The number of carbonyl (C=O) groups is 1. The third-order valence-electron chi connectivity index (χ3n) is 3.53. The van der Waals surface area contributed by atoms with Crippen LogP contribution in [-0.4, -0.2) is 19.5 Å². The molecule has 150 valence electrons. The average molecular weight is 485 g/mol. The predicted molar refractivity (Wildman–Crippen MR) is 120 cm³/mol. The molecule has 6 nitrogen and oxygen atoms in total. The van der Waals surface area contributed by atoms with Crippen molar-refractivity contribution in [2.75, 3.05) is 4.72 Å². The molecule has 0 saturated carbocycles. The van der Waals surface area contributed by atoms with Gasteiger partial charge in [-0.3, -0.25) is 14.5 Å². The molecule has 2 aromatic carbocycles. The predicted octanol–water partition coefficient (Wildman–Crippen LogP) is 4.82. The molecule has 0 spiro atoms. The highest BCUT2D eigenvalue weighted by Gasteiger charge is 2.17. The lowest BCUT2D eigenvalue weighted by molar-refractivity contribution is 0.0978. The second-order valence-corrected chi connectivity index (χ2v) is 9.64. The Hall–Kier alpha value is -2.17. The van der Waals surface area contributed by atoms with E-state index < -0.39 is 15.9 Å². The molecule has 0 saturated heterocycles. The number of para-hydroxylation sites is 2. The number of anilines is 1. The fourth-order valence-corrected chi connectivity index (χ4v) is 5.00. The van der Waals surface area contributed by atoms with Crippen LogP contribution in [0.3, 0.4) is 0 Å².